The molecule has 0 nitrogen and oxygen atoms in total. The Hall–Kier alpha value is -0.750. The summed E-state index contributed by atoms with van der Waals surface area (Å²) in [6.45, 7) is 10.8. The summed E-state index contributed by atoms with van der Waals surface area (Å²) in [6.07, 6.45) is 12.5. The number of aryl methyl sites for hydroxylation is 1. The molecule has 0 aliphatic carbocycles. The average molecular weight is 321 g/mol. The fourth-order valence-electron chi connectivity index (χ4n) is 3.05. The van der Waals surface area contributed by atoms with Crippen LogP contribution in [0.1, 0.15) is 82.4 Å². The summed E-state index contributed by atoms with van der Waals surface area (Å²) >= 11 is 7.00. The van der Waals surface area contributed by atoms with Gasteiger partial charge in [0.2, 0.25) is 0 Å². The Morgan fingerprint density at radius 2 is 1.64 bits per heavy atom. The predicted molar refractivity (Wildman–Crippen MR) is 101 cm³/mol. The Bertz CT molecular complexity index is 449. The summed E-state index contributed by atoms with van der Waals surface area (Å²) in [6, 6.07) is 6.71. The maximum atomic E-state index is 7.00. The third kappa shape index (κ3) is 5.16. The molecule has 0 heterocycles. The van der Waals surface area contributed by atoms with Crippen LogP contribution in [0.15, 0.2) is 30.9 Å². The molecule has 0 fully saturated rings. The summed E-state index contributed by atoms with van der Waals surface area (Å²) in [4.78, 5) is -0.401. The van der Waals surface area contributed by atoms with E-state index in [0.717, 1.165) is 19.3 Å². The van der Waals surface area contributed by atoms with Crippen molar-refractivity contribution in [2.45, 2.75) is 83.4 Å². The second-order valence-electron chi connectivity index (χ2n) is 6.32. The van der Waals surface area contributed by atoms with Gasteiger partial charge in [-0.1, -0.05) is 70.7 Å². The van der Waals surface area contributed by atoms with E-state index in [1.54, 1.807) is 0 Å². The summed E-state index contributed by atoms with van der Waals surface area (Å²) in [5, 5.41) is 0. The molecule has 0 amide bonds. The van der Waals surface area contributed by atoms with Crippen molar-refractivity contribution in [1.29, 1.82) is 0 Å². The highest BCUT2D eigenvalue weighted by Gasteiger charge is 2.28. The SMILES string of the molecule is C=CC(Cl)(CCCC)c1cccc(CCCC)c1CCCC. The zero-order valence-corrected chi connectivity index (χ0v) is 15.5. The first-order valence-corrected chi connectivity index (χ1v) is 9.44. The van der Waals surface area contributed by atoms with Crippen LogP contribution in [0.5, 0.6) is 0 Å². The highest BCUT2D eigenvalue weighted by molar-refractivity contribution is 6.25. The monoisotopic (exact) mass is 320 g/mol. The van der Waals surface area contributed by atoms with E-state index in [-0.39, 0.29) is 0 Å². The minimum atomic E-state index is -0.401. The number of unbranched alkanes of at least 4 members (excludes halogenated alkanes) is 3. The molecule has 0 bridgehead atoms. The van der Waals surface area contributed by atoms with Crippen molar-refractivity contribution < 1.29 is 0 Å². The van der Waals surface area contributed by atoms with E-state index in [4.69, 9.17) is 11.6 Å². The number of rotatable bonds is 11. The first-order valence-electron chi connectivity index (χ1n) is 9.06. The highest BCUT2D eigenvalue weighted by Crippen LogP contribution is 2.39. The zero-order chi connectivity index (χ0) is 16.4. The van der Waals surface area contributed by atoms with E-state index in [1.807, 2.05) is 6.08 Å². The molecule has 22 heavy (non-hydrogen) atoms. The molecule has 1 rings (SSSR count). The van der Waals surface area contributed by atoms with Crippen LogP contribution < -0.4 is 0 Å². The van der Waals surface area contributed by atoms with Crippen molar-refractivity contribution >= 4 is 11.6 Å². The predicted octanol–water partition coefficient (Wildman–Crippen LogP) is 7.18. The van der Waals surface area contributed by atoms with E-state index in [0.29, 0.717) is 0 Å². The molecule has 124 valence electrons. The Morgan fingerprint density at radius 3 is 2.23 bits per heavy atom. The largest absolute Gasteiger partial charge is 0.110 e. The maximum Gasteiger partial charge on any atom is 0.0875 e. The van der Waals surface area contributed by atoms with Crippen LogP contribution in [0.4, 0.5) is 0 Å². The fraction of sp³-hybridized carbons (Fsp3) is 0.619. The summed E-state index contributed by atoms with van der Waals surface area (Å²) in [5.41, 5.74) is 4.29. The Morgan fingerprint density at radius 1 is 1.00 bits per heavy atom. The minimum absolute atomic E-state index is 0.401. The second kappa shape index (κ2) is 10.1. The van der Waals surface area contributed by atoms with Gasteiger partial charge in [0.1, 0.15) is 0 Å². The van der Waals surface area contributed by atoms with Gasteiger partial charge in [-0.25, -0.2) is 0 Å². The van der Waals surface area contributed by atoms with Gasteiger partial charge < -0.3 is 0 Å². The summed E-state index contributed by atoms with van der Waals surface area (Å²) < 4.78 is 0. The van der Waals surface area contributed by atoms with E-state index in [9.17, 15) is 0 Å². The van der Waals surface area contributed by atoms with Crippen molar-refractivity contribution in [3.05, 3.63) is 47.5 Å². The van der Waals surface area contributed by atoms with Crippen LogP contribution in [0.25, 0.3) is 0 Å². The molecule has 1 heteroatoms. The minimum Gasteiger partial charge on any atom is -0.110 e. The van der Waals surface area contributed by atoms with Gasteiger partial charge >= 0.3 is 0 Å². The van der Waals surface area contributed by atoms with Crippen LogP contribution >= 0.6 is 11.6 Å². The molecule has 0 aromatic heterocycles. The van der Waals surface area contributed by atoms with Crippen molar-refractivity contribution in [2.24, 2.45) is 0 Å². The van der Waals surface area contributed by atoms with Gasteiger partial charge in [0, 0.05) is 0 Å². The Balaban J connectivity index is 3.21. The van der Waals surface area contributed by atoms with Crippen LogP contribution in [0.2, 0.25) is 0 Å². The van der Waals surface area contributed by atoms with Gasteiger partial charge in [-0.15, -0.1) is 18.2 Å². The molecule has 1 atom stereocenters. The van der Waals surface area contributed by atoms with E-state index in [2.05, 4.69) is 45.5 Å². The molecule has 0 saturated heterocycles. The zero-order valence-electron chi connectivity index (χ0n) is 14.8. The Labute approximate surface area is 143 Å². The van der Waals surface area contributed by atoms with Crippen LogP contribution in [-0.4, -0.2) is 0 Å². The van der Waals surface area contributed by atoms with Gasteiger partial charge in [0.05, 0.1) is 4.87 Å². The lowest BCUT2D eigenvalue weighted by atomic mass is 9.84. The molecule has 0 N–H and O–H groups in total. The molecular formula is C21H33Cl. The quantitative estimate of drug-likeness (QED) is 0.299. The number of hydrogen-bond donors (Lipinski definition) is 0. The van der Waals surface area contributed by atoms with Gasteiger partial charge in [-0.2, -0.15) is 0 Å². The standard InChI is InChI=1S/C21H33Cl/c1-5-9-13-18-14-12-16-20(19(18)15-10-6-2)21(22,8-4)17-11-7-3/h8,12,14,16H,4-7,9-11,13,15,17H2,1-3H3. The normalized spacial score (nSPS) is 13.8. The van der Waals surface area contributed by atoms with Crippen molar-refractivity contribution in [2.75, 3.05) is 0 Å². The molecule has 0 aliphatic rings. The van der Waals surface area contributed by atoms with E-state index in [1.165, 1.54) is 55.2 Å². The first kappa shape index (κ1) is 19.3. The maximum absolute atomic E-state index is 7.00. The lowest BCUT2D eigenvalue weighted by Gasteiger charge is -2.28. The molecule has 0 saturated carbocycles. The van der Waals surface area contributed by atoms with Crippen LogP contribution in [0.3, 0.4) is 0 Å². The van der Waals surface area contributed by atoms with E-state index < -0.39 is 4.87 Å². The van der Waals surface area contributed by atoms with Gasteiger partial charge in [0.15, 0.2) is 0 Å². The summed E-state index contributed by atoms with van der Waals surface area (Å²) in [5.74, 6) is 0. The molecule has 0 aliphatic heterocycles. The Kier molecular flexibility index (Phi) is 8.86. The fourth-order valence-corrected chi connectivity index (χ4v) is 3.37. The number of alkyl halides is 1. The molecule has 0 spiro atoms. The lowest BCUT2D eigenvalue weighted by molar-refractivity contribution is 0.606. The summed E-state index contributed by atoms with van der Waals surface area (Å²) in [7, 11) is 0. The highest BCUT2D eigenvalue weighted by atomic mass is 35.5. The van der Waals surface area contributed by atoms with Crippen LogP contribution in [-0.2, 0) is 17.7 Å². The third-order valence-electron chi connectivity index (χ3n) is 4.52. The van der Waals surface area contributed by atoms with Gasteiger partial charge in [-0.05, 0) is 48.8 Å². The van der Waals surface area contributed by atoms with Gasteiger partial charge in [0.25, 0.3) is 0 Å². The van der Waals surface area contributed by atoms with Crippen molar-refractivity contribution in [3.8, 4) is 0 Å². The molecule has 1 aromatic rings. The number of halogens is 1. The van der Waals surface area contributed by atoms with Crippen molar-refractivity contribution in [1.82, 2.24) is 0 Å². The first-order chi connectivity index (χ1) is 10.6. The molecule has 1 unspecified atom stereocenters. The molecular weight excluding hydrogens is 288 g/mol. The number of benzene rings is 1. The number of hydrogen-bond acceptors (Lipinski definition) is 0. The average Bonchev–Trinajstić information content (AvgIpc) is 2.56. The second-order valence-corrected chi connectivity index (χ2v) is 6.99. The topological polar surface area (TPSA) is 0 Å². The van der Waals surface area contributed by atoms with Crippen LogP contribution in [0, 0.1) is 0 Å². The van der Waals surface area contributed by atoms with Crippen molar-refractivity contribution in [3.63, 3.8) is 0 Å². The lowest BCUT2D eigenvalue weighted by Crippen LogP contribution is -2.19. The van der Waals surface area contributed by atoms with Gasteiger partial charge in [-0.3, -0.25) is 0 Å². The molecule has 1 aromatic carbocycles. The third-order valence-corrected chi connectivity index (χ3v) is 5.07. The smallest absolute Gasteiger partial charge is 0.0875 e. The molecule has 0 radical (unpaired) electrons. The van der Waals surface area contributed by atoms with E-state index >= 15 is 0 Å². The number of allylic oxidation sites excluding steroid dienone is 1.